The topological polar surface area (TPSA) is 66.5 Å². The van der Waals surface area contributed by atoms with Crippen molar-refractivity contribution < 1.29 is 17.6 Å². The first kappa shape index (κ1) is 23.2. The van der Waals surface area contributed by atoms with Crippen molar-refractivity contribution in [3.63, 3.8) is 0 Å². The van der Waals surface area contributed by atoms with Gasteiger partial charge in [-0.15, -0.1) is 0 Å². The van der Waals surface area contributed by atoms with Gasteiger partial charge in [-0.3, -0.25) is 4.79 Å². The number of anilines is 1. The molecule has 0 aliphatic carbocycles. The molecule has 31 heavy (non-hydrogen) atoms. The molecule has 0 fully saturated rings. The van der Waals surface area contributed by atoms with Crippen molar-refractivity contribution >= 4 is 44.8 Å². The molecule has 0 radical (unpaired) electrons. The minimum absolute atomic E-state index is 0.0433. The highest BCUT2D eigenvalue weighted by atomic mass is 35.5. The maximum Gasteiger partial charge on any atom is 0.243 e. The van der Waals surface area contributed by atoms with Crippen molar-refractivity contribution in [2.24, 2.45) is 0 Å². The molecule has 1 N–H and O–H groups in total. The van der Waals surface area contributed by atoms with E-state index in [1.165, 1.54) is 36.4 Å². The highest BCUT2D eigenvalue weighted by Gasteiger charge is 2.27. The molecule has 5 nitrogen and oxygen atoms in total. The summed E-state index contributed by atoms with van der Waals surface area (Å²) in [5.74, 6) is -1.14. The van der Waals surface area contributed by atoms with Crippen LogP contribution in [0.15, 0.2) is 71.6 Å². The van der Waals surface area contributed by atoms with Crippen LogP contribution < -0.4 is 5.32 Å². The Kier molecular flexibility index (Phi) is 7.33. The standard InChI is InChI=1S/C22H19Cl2FN2O3S/c1-15-5-9-20(10-6-15)31(29,30)27(13-16-7-8-17(23)11-21(16)24)14-22(28)26-19-4-2-3-18(25)12-19/h2-12H,13-14H2,1H3,(H,26,28). The fourth-order valence-electron chi connectivity index (χ4n) is 2.85. The lowest BCUT2D eigenvalue weighted by molar-refractivity contribution is -0.116. The van der Waals surface area contributed by atoms with Gasteiger partial charge in [0.2, 0.25) is 15.9 Å². The number of nitrogens with zero attached hydrogens (tertiary/aromatic N) is 1. The van der Waals surface area contributed by atoms with E-state index in [9.17, 15) is 17.6 Å². The van der Waals surface area contributed by atoms with Gasteiger partial charge < -0.3 is 5.32 Å². The molecule has 0 saturated carbocycles. The number of hydrogen-bond donors (Lipinski definition) is 1. The number of carbonyl (C=O) groups is 1. The Morgan fingerprint density at radius 1 is 1.03 bits per heavy atom. The normalized spacial score (nSPS) is 11.5. The van der Waals surface area contributed by atoms with Crippen LogP contribution in [0.2, 0.25) is 10.0 Å². The zero-order valence-corrected chi connectivity index (χ0v) is 18.8. The molecule has 3 aromatic carbocycles. The Bertz CT molecular complexity index is 1200. The van der Waals surface area contributed by atoms with Crippen molar-refractivity contribution in [3.8, 4) is 0 Å². The summed E-state index contributed by atoms with van der Waals surface area (Å²) >= 11 is 12.2. The van der Waals surface area contributed by atoms with Gasteiger partial charge in [0.25, 0.3) is 0 Å². The highest BCUT2D eigenvalue weighted by Crippen LogP contribution is 2.25. The molecule has 0 spiro atoms. The third-order valence-electron chi connectivity index (χ3n) is 4.45. The van der Waals surface area contributed by atoms with Crippen molar-refractivity contribution in [3.05, 3.63) is 93.7 Å². The monoisotopic (exact) mass is 480 g/mol. The van der Waals surface area contributed by atoms with Crippen LogP contribution in [0.1, 0.15) is 11.1 Å². The molecule has 0 saturated heterocycles. The lowest BCUT2D eigenvalue weighted by atomic mass is 10.2. The van der Waals surface area contributed by atoms with Gasteiger partial charge in [-0.25, -0.2) is 12.8 Å². The number of sulfonamides is 1. The molecule has 0 aromatic heterocycles. The van der Waals surface area contributed by atoms with Crippen LogP contribution in [0, 0.1) is 12.7 Å². The van der Waals surface area contributed by atoms with Gasteiger partial charge in [0.15, 0.2) is 0 Å². The van der Waals surface area contributed by atoms with E-state index in [-0.39, 0.29) is 22.2 Å². The average molecular weight is 481 g/mol. The van der Waals surface area contributed by atoms with Crippen molar-refractivity contribution in [2.45, 2.75) is 18.4 Å². The Morgan fingerprint density at radius 3 is 2.39 bits per heavy atom. The maximum absolute atomic E-state index is 13.4. The fraction of sp³-hybridized carbons (Fsp3) is 0.136. The molecule has 1 amide bonds. The number of hydrogen-bond acceptors (Lipinski definition) is 3. The van der Waals surface area contributed by atoms with Gasteiger partial charge in [0.05, 0.1) is 11.4 Å². The number of benzene rings is 3. The molecular weight excluding hydrogens is 462 g/mol. The Morgan fingerprint density at radius 2 is 1.74 bits per heavy atom. The van der Waals surface area contributed by atoms with Crippen molar-refractivity contribution in [1.29, 1.82) is 0 Å². The summed E-state index contributed by atoms with van der Waals surface area (Å²) in [6.07, 6.45) is 0. The smallest absolute Gasteiger partial charge is 0.243 e. The summed E-state index contributed by atoms with van der Waals surface area (Å²) in [6.45, 7) is 1.20. The first-order valence-corrected chi connectivity index (χ1v) is 11.4. The second-order valence-corrected chi connectivity index (χ2v) is 9.66. The number of aryl methyl sites for hydroxylation is 1. The molecule has 9 heteroatoms. The maximum atomic E-state index is 13.4. The molecule has 0 aliphatic rings. The van der Waals surface area contributed by atoms with Crippen molar-refractivity contribution in [1.82, 2.24) is 4.31 Å². The van der Waals surface area contributed by atoms with Crippen LogP contribution in [0.5, 0.6) is 0 Å². The highest BCUT2D eigenvalue weighted by molar-refractivity contribution is 7.89. The third kappa shape index (κ3) is 6.04. The van der Waals surface area contributed by atoms with Gasteiger partial charge in [-0.1, -0.05) is 53.0 Å². The summed E-state index contributed by atoms with van der Waals surface area (Å²) < 4.78 is 41.0. The summed E-state index contributed by atoms with van der Waals surface area (Å²) in [4.78, 5) is 12.6. The Hall–Kier alpha value is -2.45. The Balaban J connectivity index is 1.91. The van der Waals surface area contributed by atoms with Gasteiger partial charge in [0.1, 0.15) is 5.82 Å². The van der Waals surface area contributed by atoms with Gasteiger partial charge in [-0.2, -0.15) is 4.31 Å². The van der Waals surface area contributed by atoms with Crippen LogP contribution in [0.3, 0.4) is 0 Å². The van der Waals surface area contributed by atoms with Gasteiger partial charge >= 0.3 is 0 Å². The molecule has 162 valence electrons. The van der Waals surface area contributed by atoms with Gasteiger partial charge in [-0.05, 0) is 55.0 Å². The van der Waals surface area contributed by atoms with E-state index in [1.54, 1.807) is 24.3 Å². The van der Waals surface area contributed by atoms with Crippen LogP contribution in [0.4, 0.5) is 10.1 Å². The second kappa shape index (κ2) is 9.78. The van der Waals surface area contributed by atoms with Crippen LogP contribution in [-0.4, -0.2) is 25.2 Å². The molecular formula is C22H19Cl2FN2O3S. The van der Waals surface area contributed by atoms with E-state index < -0.39 is 28.3 Å². The molecule has 0 aliphatic heterocycles. The molecule has 0 atom stereocenters. The van der Waals surface area contributed by atoms with Crippen LogP contribution in [-0.2, 0) is 21.4 Å². The second-order valence-electron chi connectivity index (χ2n) is 6.88. The predicted octanol–water partition coefficient (Wildman–Crippen LogP) is 5.27. The number of nitrogens with one attached hydrogen (secondary N) is 1. The molecule has 0 heterocycles. The summed E-state index contributed by atoms with van der Waals surface area (Å²) in [5, 5.41) is 3.20. The predicted molar refractivity (Wildman–Crippen MR) is 120 cm³/mol. The fourth-order valence-corrected chi connectivity index (χ4v) is 4.69. The van der Waals surface area contributed by atoms with E-state index >= 15 is 0 Å². The molecule has 3 aromatic rings. The number of amides is 1. The zero-order valence-electron chi connectivity index (χ0n) is 16.5. The van der Waals surface area contributed by atoms with E-state index in [1.807, 2.05) is 6.92 Å². The lowest BCUT2D eigenvalue weighted by Crippen LogP contribution is -2.37. The number of halogens is 3. The molecule has 0 unspecified atom stereocenters. The van der Waals surface area contributed by atoms with Gasteiger partial charge in [0, 0.05) is 22.3 Å². The largest absolute Gasteiger partial charge is 0.325 e. The minimum atomic E-state index is -4.03. The van der Waals surface area contributed by atoms with E-state index in [4.69, 9.17) is 23.2 Å². The SMILES string of the molecule is Cc1ccc(S(=O)(=O)N(CC(=O)Nc2cccc(F)c2)Cc2ccc(Cl)cc2Cl)cc1. The quantitative estimate of drug-likeness (QED) is 0.500. The van der Waals surface area contributed by atoms with E-state index in [2.05, 4.69) is 5.32 Å². The van der Waals surface area contributed by atoms with E-state index in [0.29, 0.717) is 10.6 Å². The number of rotatable bonds is 7. The summed E-state index contributed by atoms with van der Waals surface area (Å²) in [7, 11) is -4.03. The van der Waals surface area contributed by atoms with Crippen LogP contribution >= 0.6 is 23.2 Å². The molecule has 0 bridgehead atoms. The van der Waals surface area contributed by atoms with E-state index in [0.717, 1.165) is 15.9 Å². The minimum Gasteiger partial charge on any atom is -0.325 e. The lowest BCUT2D eigenvalue weighted by Gasteiger charge is -2.22. The van der Waals surface area contributed by atoms with Crippen LogP contribution in [0.25, 0.3) is 0 Å². The third-order valence-corrected chi connectivity index (χ3v) is 6.84. The number of carbonyl (C=O) groups excluding carboxylic acids is 1. The summed E-state index contributed by atoms with van der Waals surface area (Å²) in [5.41, 5.74) is 1.61. The first-order chi connectivity index (χ1) is 14.6. The summed E-state index contributed by atoms with van der Waals surface area (Å²) in [6, 6.07) is 16.3. The zero-order chi connectivity index (χ0) is 22.6. The van der Waals surface area contributed by atoms with Crippen molar-refractivity contribution in [2.75, 3.05) is 11.9 Å². The Labute approximate surface area is 190 Å². The first-order valence-electron chi connectivity index (χ1n) is 9.21. The average Bonchev–Trinajstić information content (AvgIpc) is 2.69. The molecule has 3 rings (SSSR count).